The Morgan fingerprint density at radius 3 is 2.24 bits per heavy atom. The van der Waals surface area contributed by atoms with E-state index in [0.29, 0.717) is 26.1 Å². The molecule has 266 valence electrons. The van der Waals surface area contributed by atoms with Gasteiger partial charge in [0.05, 0.1) is 24.2 Å². The van der Waals surface area contributed by atoms with Crippen LogP contribution in [0.1, 0.15) is 50.6 Å². The molecule has 12 heteroatoms. The van der Waals surface area contributed by atoms with Crippen molar-refractivity contribution in [3.05, 3.63) is 88.4 Å². The highest BCUT2D eigenvalue weighted by atomic mass is 32.1. The van der Waals surface area contributed by atoms with Gasteiger partial charge in [0.1, 0.15) is 12.1 Å². The Morgan fingerprint density at radius 1 is 1.00 bits per heavy atom. The Labute approximate surface area is 295 Å². The molecule has 4 amide bonds. The third kappa shape index (κ3) is 11.9. The number of piperazine rings is 1. The summed E-state index contributed by atoms with van der Waals surface area (Å²) in [6, 6.07) is 17.5. The number of aromatic nitrogens is 1. The van der Waals surface area contributed by atoms with Gasteiger partial charge in [-0.1, -0.05) is 74.5 Å². The lowest BCUT2D eigenvalue weighted by Crippen LogP contribution is -2.63. The summed E-state index contributed by atoms with van der Waals surface area (Å²) in [4.78, 5) is 51.5. The zero-order chi connectivity index (χ0) is 35.6. The van der Waals surface area contributed by atoms with Crippen LogP contribution in [0, 0.1) is 5.92 Å². The predicted molar refractivity (Wildman–Crippen MR) is 194 cm³/mol. The molecular formula is C37H53N7O4S. The van der Waals surface area contributed by atoms with E-state index in [0.717, 1.165) is 23.5 Å². The number of aliphatic hydroxyl groups excluding tert-OH is 1. The van der Waals surface area contributed by atoms with Crippen molar-refractivity contribution in [1.29, 1.82) is 0 Å². The molecule has 4 N–H and O–H groups in total. The van der Waals surface area contributed by atoms with Gasteiger partial charge < -0.3 is 26.0 Å². The molecule has 0 unspecified atom stereocenters. The van der Waals surface area contributed by atoms with Gasteiger partial charge in [-0.05, 0) is 44.2 Å². The average molecular weight is 692 g/mol. The van der Waals surface area contributed by atoms with E-state index in [-0.39, 0.29) is 30.3 Å². The molecule has 2 heterocycles. The number of carbonyl (C=O) groups is 3. The maximum atomic E-state index is 13.9. The number of rotatable bonds is 14. The second-order valence-corrected chi connectivity index (χ2v) is 15.3. The Bertz CT molecular complexity index is 1470. The van der Waals surface area contributed by atoms with Crippen molar-refractivity contribution in [3.8, 4) is 0 Å². The van der Waals surface area contributed by atoms with Gasteiger partial charge in [-0.25, -0.2) is 4.79 Å². The Kier molecular flexibility index (Phi) is 13.7. The summed E-state index contributed by atoms with van der Waals surface area (Å²) < 4.78 is 0. The molecular weight excluding hydrogens is 639 g/mol. The molecule has 0 radical (unpaired) electrons. The fraction of sp³-hybridized carbons (Fsp3) is 0.514. The first-order valence-corrected chi connectivity index (χ1v) is 17.9. The number of nitrogens with zero attached hydrogens (tertiary/aromatic N) is 4. The SMILES string of the molecule is CC(C)[C@@H](NC(=O)N(C)Cc1cncs1)C(=O)N[C@@H](Cc1ccccc1)[C@H](O)CN1CCN(Cc2ccccc2)C[C@H]1C(=O)NC(C)(C)C. The third-order valence-corrected chi connectivity index (χ3v) is 9.35. The van der Waals surface area contributed by atoms with Gasteiger partial charge in [-0.2, -0.15) is 0 Å². The number of urea groups is 1. The molecule has 2 aromatic carbocycles. The fourth-order valence-corrected chi connectivity index (χ4v) is 6.62. The van der Waals surface area contributed by atoms with Crippen molar-refractivity contribution in [2.45, 2.75) is 83.9 Å². The maximum Gasteiger partial charge on any atom is 0.318 e. The first-order valence-electron chi connectivity index (χ1n) is 17.0. The molecule has 1 aliphatic heterocycles. The molecule has 0 aliphatic carbocycles. The Hall–Kier alpha value is -3.84. The summed E-state index contributed by atoms with van der Waals surface area (Å²) >= 11 is 1.46. The van der Waals surface area contributed by atoms with Gasteiger partial charge in [-0.15, -0.1) is 11.3 Å². The fourth-order valence-electron chi connectivity index (χ4n) is 5.98. The van der Waals surface area contributed by atoms with Crippen molar-refractivity contribution >= 4 is 29.2 Å². The van der Waals surface area contributed by atoms with Crippen LogP contribution in [0.5, 0.6) is 0 Å². The smallest absolute Gasteiger partial charge is 0.318 e. The van der Waals surface area contributed by atoms with E-state index in [1.807, 2.05) is 88.0 Å². The largest absolute Gasteiger partial charge is 0.390 e. The lowest BCUT2D eigenvalue weighted by Gasteiger charge is -2.43. The number of nitrogens with one attached hydrogen (secondary N) is 3. The summed E-state index contributed by atoms with van der Waals surface area (Å²) in [7, 11) is 1.68. The molecule has 0 spiro atoms. The van der Waals surface area contributed by atoms with Crippen LogP contribution in [0.2, 0.25) is 0 Å². The standard InChI is InChI=1S/C37H53N7O4S/c1-26(2)33(40-36(48)42(6)22-29-20-38-25-49-29)35(47)39-30(19-27-13-9-7-10-14-27)32(45)24-44-18-17-43(21-28-15-11-8-12-16-28)23-31(44)34(46)41-37(3,4)5/h7-16,20,25-26,30-33,45H,17-19,21-24H2,1-6H3,(H,39,47)(H,40,48)(H,41,46)/t30-,31-,32+,33+/m0/s1. The average Bonchev–Trinajstić information content (AvgIpc) is 3.57. The summed E-state index contributed by atoms with van der Waals surface area (Å²) in [5.41, 5.74) is 3.43. The van der Waals surface area contributed by atoms with Crippen LogP contribution in [-0.2, 0) is 29.1 Å². The van der Waals surface area contributed by atoms with Crippen LogP contribution in [0.25, 0.3) is 0 Å². The van der Waals surface area contributed by atoms with Crippen molar-refractivity contribution in [2.75, 3.05) is 33.2 Å². The molecule has 1 aromatic heterocycles. The number of carbonyl (C=O) groups excluding carboxylic acids is 3. The first kappa shape index (κ1) is 38.0. The lowest BCUT2D eigenvalue weighted by molar-refractivity contribution is -0.132. The summed E-state index contributed by atoms with van der Waals surface area (Å²) in [5, 5.41) is 21.0. The van der Waals surface area contributed by atoms with E-state index in [1.54, 1.807) is 18.8 Å². The van der Waals surface area contributed by atoms with Crippen LogP contribution in [0.3, 0.4) is 0 Å². The molecule has 0 bridgehead atoms. The highest BCUT2D eigenvalue weighted by molar-refractivity contribution is 7.09. The molecule has 4 rings (SSSR count). The van der Waals surface area contributed by atoms with E-state index >= 15 is 0 Å². The van der Waals surface area contributed by atoms with Crippen molar-refractivity contribution < 1.29 is 19.5 Å². The molecule has 11 nitrogen and oxygen atoms in total. The Morgan fingerprint density at radius 2 is 1.65 bits per heavy atom. The van der Waals surface area contributed by atoms with Crippen molar-refractivity contribution in [3.63, 3.8) is 0 Å². The quantitative estimate of drug-likeness (QED) is 0.204. The van der Waals surface area contributed by atoms with Gasteiger partial charge in [0, 0.05) is 56.4 Å². The number of amides is 4. The highest BCUT2D eigenvalue weighted by Crippen LogP contribution is 2.18. The number of benzene rings is 2. The van der Waals surface area contributed by atoms with Crippen LogP contribution in [0.4, 0.5) is 4.79 Å². The molecule has 49 heavy (non-hydrogen) atoms. The second kappa shape index (κ2) is 17.7. The van der Waals surface area contributed by atoms with Crippen LogP contribution in [-0.4, -0.2) is 106 Å². The van der Waals surface area contributed by atoms with Crippen LogP contribution >= 0.6 is 11.3 Å². The molecule has 4 atom stereocenters. The van der Waals surface area contributed by atoms with Crippen LogP contribution < -0.4 is 16.0 Å². The summed E-state index contributed by atoms with van der Waals surface area (Å²) in [6.07, 6.45) is 1.11. The molecule has 0 saturated carbocycles. The third-order valence-electron chi connectivity index (χ3n) is 8.59. The molecule has 1 saturated heterocycles. The van der Waals surface area contributed by atoms with Gasteiger partial charge in [0.15, 0.2) is 0 Å². The number of aliphatic hydroxyl groups is 1. The van der Waals surface area contributed by atoms with Gasteiger partial charge in [0.25, 0.3) is 0 Å². The lowest BCUT2D eigenvalue weighted by atomic mass is 9.97. The van der Waals surface area contributed by atoms with Crippen molar-refractivity contribution in [2.24, 2.45) is 5.92 Å². The van der Waals surface area contributed by atoms with Crippen LogP contribution in [0.15, 0.2) is 72.4 Å². The Balaban J connectivity index is 1.50. The van der Waals surface area contributed by atoms with Gasteiger partial charge in [0.2, 0.25) is 11.8 Å². The zero-order valence-corrected chi connectivity index (χ0v) is 30.5. The molecule has 1 aliphatic rings. The van der Waals surface area contributed by atoms with E-state index in [1.165, 1.54) is 21.8 Å². The van der Waals surface area contributed by atoms with Crippen molar-refractivity contribution in [1.82, 2.24) is 35.6 Å². The monoisotopic (exact) mass is 691 g/mol. The number of hydrogen-bond acceptors (Lipinski definition) is 8. The van der Waals surface area contributed by atoms with Gasteiger partial charge >= 0.3 is 6.03 Å². The van der Waals surface area contributed by atoms with E-state index in [4.69, 9.17) is 0 Å². The normalized spacial score (nSPS) is 17.6. The number of thiazole rings is 1. The minimum absolute atomic E-state index is 0.0915. The minimum Gasteiger partial charge on any atom is -0.390 e. The van der Waals surface area contributed by atoms with E-state index < -0.39 is 29.8 Å². The van der Waals surface area contributed by atoms with Gasteiger partial charge in [-0.3, -0.25) is 24.4 Å². The summed E-state index contributed by atoms with van der Waals surface area (Å²) in [6.45, 7) is 12.7. The summed E-state index contributed by atoms with van der Waals surface area (Å²) in [5.74, 6) is -0.672. The molecule has 3 aromatic rings. The number of hydrogen-bond donors (Lipinski definition) is 4. The molecule has 1 fully saturated rings. The minimum atomic E-state index is -0.993. The maximum absolute atomic E-state index is 13.9. The second-order valence-electron chi connectivity index (χ2n) is 14.3. The predicted octanol–water partition coefficient (Wildman–Crippen LogP) is 3.50. The van der Waals surface area contributed by atoms with E-state index in [2.05, 4.69) is 38.0 Å². The topological polar surface area (TPSA) is 130 Å². The highest BCUT2D eigenvalue weighted by Gasteiger charge is 2.37. The van der Waals surface area contributed by atoms with E-state index in [9.17, 15) is 19.5 Å². The zero-order valence-electron chi connectivity index (χ0n) is 29.6. The first-order chi connectivity index (χ1) is 23.3. The number of β-amino-alcohol motifs (C(OH)–C–C–N with tert-alkyl or cyclic N) is 1.